The zero-order valence-electron chi connectivity index (χ0n) is 10.5. The third-order valence-corrected chi connectivity index (χ3v) is 4.12. The first kappa shape index (κ1) is 11.7. The Labute approximate surface area is 108 Å². The molecule has 1 heterocycles. The first-order valence-corrected chi connectivity index (χ1v) is 6.83. The van der Waals surface area contributed by atoms with Crippen LogP contribution in [0.1, 0.15) is 31.2 Å². The van der Waals surface area contributed by atoms with Crippen molar-refractivity contribution in [3.63, 3.8) is 0 Å². The quantitative estimate of drug-likeness (QED) is 0.763. The van der Waals surface area contributed by atoms with Crippen molar-refractivity contribution in [2.24, 2.45) is 11.8 Å². The van der Waals surface area contributed by atoms with Crippen molar-refractivity contribution in [2.45, 2.75) is 32.3 Å². The first-order chi connectivity index (χ1) is 8.84. The normalized spacial score (nSPS) is 24.3. The number of nitrogens with zero attached hydrogens (tertiary/aromatic N) is 1. The van der Waals surface area contributed by atoms with Gasteiger partial charge in [-0.15, -0.1) is 0 Å². The predicted molar refractivity (Wildman–Crippen MR) is 68.4 cm³/mol. The molecule has 1 unspecified atom stereocenters. The Hall–Kier alpha value is -1.35. The highest BCUT2D eigenvalue weighted by Crippen LogP contribution is 2.37. The second-order valence-corrected chi connectivity index (χ2v) is 5.31. The molecule has 3 rings (SSSR count). The molecule has 1 aromatic carbocycles. The number of hydroxylamine groups is 2. The number of hydrogen-bond donors (Lipinski definition) is 0. The van der Waals surface area contributed by atoms with E-state index in [9.17, 15) is 4.79 Å². The lowest BCUT2D eigenvalue weighted by atomic mass is 9.85. The van der Waals surface area contributed by atoms with E-state index in [1.165, 1.54) is 30.7 Å². The minimum atomic E-state index is 0.192. The second kappa shape index (κ2) is 5.11. The highest BCUT2D eigenvalue weighted by molar-refractivity contribution is 5.83. The summed E-state index contributed by atoms with van der Waals surface area (Å²) in [6.45, 7) is 1.28. The average molecular weight is 245 g/mol. The molecule has 0 aromatic heterocycles. The Balaban J connectivity index is 1.47. The summed E-state index contributed by atoms with van der Waals surface area (Å²) in [6.07, 6.45) is 5.03. The van der Waals surface area contributed by atoms with E-state index in [0.29, 0.717) is 12.5 Å². The van der Waals surface area contributed by atoms with Crippen molar-refractivity contribution >= 4 is 5.91 Å². The summed E-state index contributed by atoms with van der Waals surface area (Å²) in [5.74, 6) is 1.05. The summed E-state index contributed by atoms with van der Waals surface area (Å²) in [4.78, 5) is 17.5. The summed E-state index contributed by atoms with van der Waals surface area (Å²) in [5, 5.41) is 1.54. The summed E-state index contributed by atoms with van der Waals surface area (Å²) >= 11 is 0. The van der Waals surface area contributed by atoms with Gasteiger partial charge in [-0.2, -0.15) is 0 Å². The van der Waals surface area contributed by atoms with Gasteiger partial charge < -0.3 is 0 Å². The molecule has 1 aliphatic carbocycles. The lowest BCUT2D eigenvalue weighted by molar-refractivity contribution is -0.230. The van der Waals surface area contributed by atoms with Gasteiger partial charge in [-0.05, 0) is 24.3 Å². The maximum atomic E-state index is 12.0. The van der Waals surface area contributed by atoms with Crippen LogP contribution in [0.15, 0.2) is 30.3 Å². The van der Waals surface area contributed by atoms with Gasteiger partial charge in [0, 0.05) is 0 Å². The zero-order chi connectivity index (χ0) is 12.4. The van der Waals surface area contributed by atoms with Crippen molar-refractivity contribution < 1.29 is 9.63 Å². The Morgan fingerprint density at radius 3 is 2.56 bits per heavy atom. The molecule has 1 aliphatic heterocycles. The smallest absolute Gasteiger partial charge is 0.251 e. The van der Waals surface area contributed by atoms with E-state index < -0.39 is 0 Å². The fourth-order valence-electron chi connectivity index (χ4n) is 2.97. The van der Waals surface area contributed by atoms with Gasteiger partial charge in [0.15, 0.2) is 0 Å². The maximum Gasteiger partial charge on any atom is 0.251 e. The van der Waals surface area contributed by atoms with E-state index in [1.807, 2.05) is 30.3 Å². The molecular weight excluding hydrogens is 226 g/mol. The van der Waals surface area contributed by atoms with Gasteiger partial charge in [-0.3, -0.25) is 9.63 Å². The summed E-state index contributed by atoms with van der Waals surface area (Å²) in [5.41, 5.74) is 1.11. The van der Waals surface area contributed by atoms with Crippen LogP contribution in [-0.2, 0) is 16.2 Å². The minimum Gasteiger partial charge on any atom is -0.272 e. The van der Waals surface area contributed by atoms with Gasteiger partial charge in [-0.25, -0.2) is 5.06 Å². The molecule has 2 aliphatic rings. The molecule has 3 nitrogen and oxygen atoms in total. The fraction of sp³-hybridized carbons (Fsp3) is 0.533. The minimum absolute atomic E-state index is 0.192. The van der Waals surface area contributed by atoms with E-state index in [0.717, 1.165) is 12.1 Å². The van der Waals surface area contributed by atoms with Crippen LogP contribution in [0.5, 0.6) is 0 Å². The largest absolute Gasteiger partial charge is 0.272 e. The van der Waals surface area contributed by atoms with E-state index in [-0.39, 0.29) is 11.8 Å². The van der Waals surface area contributed by atoms with Gasteiger partial charge in [0.1, 0.15) is 6.61 Å². The van der Waals surface area contributed by atoms with E-state index in [1.54, 1.807) is 0 Å². The summed E-state index contributed by atoms with van der Waals surface area (Å²) in [6, 6.07) is 9.97. The third kappa shape index (κ3) is 2.27. The molecule has 96 valence electrons. The zero-order valence-corrected chi connectivity index (χ0v) is 10.5. The molecule has 1 saturated carbocycles. The van der Waals surface area contributed by atoms with Crippen molar-refractivity contribution in [1.29, 1.82) is 0 Å². The molecule has 3 heteroatoms. The molecule has 1 aromatic rings. The van der Waals surface area contributed by atoms with E-state index >= 15 is 0 Å². The van der Waals surface area contributed by atoms with Crippen molar-refractivity contribution in [2.75, 3.05) is 6.54 Å². The van der Waals surface area contributed by atoms with Crippen LogP contribution in [0.3, 0.4) is 0 Å². The number of rotatable bonds is 4. The van der Waals surface area contributed by atoms with Crippen LogP contribution >= 0.6 is 0 Å². The monoisotopic (exact) mass is 245 g/mol. The van der Waals surface area contributed by atoms with Gasteiger partial charge in [0.05, 0.1) is 12.5 Å². The molecular formula is C15H19NO2. The molecule has 1 amide bonds. The van der Waals surface area contributed by atoms with Crippen LogP contribution in [0.2, 0.25) is 0 Å². The molecule has 0 spiro atoms. The Kier molecular flexibility index (Phi) is 3.33. The number of β-lactam (4-membered cyclic amide) rings is 1. The number of carbonyl (C=O) groups is 1. The van der Waals surface area contributed by atoms with Gasteiger partial charge in [0.25, 0.3) is 5.91 Å². The van der Waals surface area contributed by atoms with Crippen LogP contribution in [0, 0.1) is 11.8 Å². The predicted octanol–water partition coefficient (Wildman–Crippen LogP) is 2.77. The number of amides is 1. The van der Waals surface area contributed by atoms with Crippen LogP contribution in [-0.4, -0.2) is 17.5 Å². The Bertz CT molecular complexity index is 412. The Morgan fingerprint density at radius 2 is 1.89 bits per heavy atom. The molecule has 0 bridgehead atoms. The molecule has 0 radical (unpaired) electrons. The van der Waals surface area contributed by atoms with Gasteiger partial charge >= 0.3 is 0 Å². The van der Waals surface area contributed by atoms with E-state index in [2.05, 4.69) is 0 Å². The van der Waals surface area contributed by atoms with Crippen LogP contribution in [0.25, 0.3) is 0 Å². The molecule has 1 saturated heterocycles. The number of benzene rings is 1. The first-order valence-electron chi connectivity index (χ1n) is 6.83. The molecule has 18 heavy (non-hydrogen) atoms. The van der Waals surface area contributed by atoms with Crippen LogP contribution in [0.4, 0.5) is 0 Å². The highest BCUT2D eigenvalue weighted by atomic mass is 16.7. The summed E-state index contributed by atoms with van der Waals surface area (Å²) in [7, 11) is 0. The van der Waals surface area contributed by atoms with Crippen molar-refractivity contribution in [1.82, 2.24) is 5.06 Å². The van der Waals surface area contributed by atoms with Gasteiger partial charge in [-0.1, -0.05) is 43.2 Å². The highest BCUT2D eigenvalue weighted by Gasteiger charge is 2.43. The lowest BCUT2D eigenvalue weighted by Gasteiger charge is -2.40. The van der Waals surface area contributed by atoms with Crippen molar-refractivity contribution in [3.8, 4) is 0 Å². The summed E-state index contributed by atoms with van der Waals surface area (Å²) < 4.78 is 0. The average Bonchev–Trinajstić information content (AvgIpc) is 2.92. The maximum absolute atomic E-state index is 12.0. The second-order valence-electron chi connectivity index (χ2n) is 5.31. The van der Waals surface area contributed by atoms with E-state index in [4.69, 9.17) is 4.84 Å². The van der Waals surface area contributed by atoms with Crippen LogP contribution < -0.4 is 0 Å². The molecule has 0 N–H and O–H groups in total. The topological polar surface area (TPSA) is 29.5 Å². The molecule has 2 fully saturated rings. The molecule has 1 atom stereocenters. The third-order valence-electron chi connectivity index (χ3n) is 4.12. The van der Waals surface area contributed by atoms with Crippen molar-refractivity contribution in [3.05, 3.63) is 35.9 Å². The van der Waals surface area contributed by atoms with Gasteiger partial charge in [0.2, 0.25) is 0 Å². The standard InChI is InChI=1S/C15H19NO2/c17-15-14(13-8-4-5-9-13)10-16(15)18-11-12-6-2-1-3-7-12/h1-3,6-7,13-14H,4-5,8-11H2. The Morgan fingerprint density at radius 1 is 1.17 bits per heavy atom. The SMILES string of the molecule is O=C1C(C2CCCC2)CN1OCc1ccccc1. The fourth-order valence-corrected chi connectivity index (χ4v) is 2.97. The number of carbonyl (C=O) groups excluding carboxylic acids is 1. The lowest BCUT2D eigenvalue weighted by Crippen LogP contribution is -2.54. The number of hydrogen-bond acceptors (Lipinski definition) is 2.